The second-order valence-corrected chi connectivity index (χ2v) is 11.5. The van der Waals surface area contributed by atoms with Crippen molar-refractivity contribution in [2.75, 3.05) is 33.7 Å². The topological polar surface area (TPSA) is 172 Å². The van der Waals surface area contributed by atoms with Crippen LogP contribution in [0.3, 0.4) is 0 Å². The zero-order chi connectivity index (χ0) is 32.9. The van der Waals surface area contributed by atoms with E-state index < -0.39 is 24.1 Å². The highest BCUT2D eigenvalue weighted by atomic mass is 16.6. The zero-order valence-electron chi connectivity index (χ0n) is 27.2. The molecule has 0 aliphatic rings. The smallest absolute Gasteiger partial charge is 0.410 e. The number of hydrogen-bond acceptors (Lipinski definition) is 7. The van der Waals surface area contributed by atoms with Crippen molar-refractivity contribution in [1.82, 2.24) is 26.2 Å². The van der Waals surface area contributed by atoms with Crippen LogP contribution in [0.4, 0.5) is 4.79 Å². The molecule has 44 heavy (non-hydrogen) atoms. The summed E-state index contributed by atoms with van der Waals surface area (Å²) in [6.07, 6.45) is 5.61. The van der Waals surface area contributed by atoms with Gasteiger partial charge in [-0.05, 0) is 57.0 Å². The van der Waals surface area contributed by atoms with Gasteiger partial charge in [0.25, 0.3) is 0 Å². The van der Waals surface area contributed by atoms with Crippen molar-refractivity contribution >= 4 is 29.7 Å². The summed E-state index contributed by atoms with van der Waals surface area (Å²) in [5.41, 5.74) is 5.92. The Bertz CT molecular complexity index is 1030. The van der Waals surface area contributed by atoms with Crippen LogP contribution in [0.1, 0.15) is 84.1 Å². The summed E-state index contributed by atoms with van der Waals surface area (Å²) in [4.78, 5) is 64.3. The molecule has 0 saturated carbocycles. The maximum absolute atomic E-state index is 13.6. The van der Waals surface area contributed by atoms with Gasteiger partial charge < -0.3 is 36.6 Å². The third-order valence-electron chi connectivity index (χ3n) is 7.25. The Morgan fingerprint density at radius 2 is 1.52 bits per heavy atom. The summed E-state index contributed by atoms with van der Waals surface area (Å²) >= 11 is 0. The number of likely N-dealkylation sites (N-methyl/N-ethyl adjacent to an activating group) is 1. The second kappa shape index (κ2) is 21.9. The van der Waals surface area contributed by atoms with Gasteiger partial charge in [0, 0.05) is 38.9 Å². The maximum atomic E-state index is 13.6. The molecule has 1 aromatic carbocycles. The number of amides is 5. The van der Waals surface area contributed by atoms with E-state index >= 15 is 0 Å². The molecule has 0 aliphatic carbocycles. The van der Waals surface area contributed by atoms with E-state index in [4.69, 9.17) is 10.5 Å². The van der Waals surface area contributed by atoms with Gasteiger partial charge in [0.1, 0.15) is 17.8 Å². The van der Waals surface area contributed by atoms with E-state index in [2.05, 4.69) is 28.2 Å². The number of primary amides is 1. The van der Waals surface area contributed by atoms with E-state index in [1.165, 1.54) is 0 Å². The van der Waals surface area contributed by atoms with Crippen molar-refractivity contribution in [3.05, 3.63) is 29.8 Å². The van der Waals surface area contributed by atoms with E-state index in [1.54, 1.807) is 24.3 Å². The number of hydrogen-bond donors (Lipinski definition) is 5. The molecule has 3 atom stereocenters. The summed E-state index contributed by atoms with van der Waals surface area (Å²) in [6, 6.07) is 5.07. The van der Waals surface area contributed by atoms with E-state index in [9.17, 15) is 24.0 Å². The van der Waals surface area contributed by atoms with Gasteiger partial charge in [-0.1, -0.05) is 58.6 Å². The van der Waals surface area contributed by atoms with Gasteiger partial charge in [0.15, 0.2) is 0 Å². The van der Waals surface area contributed by atoms with Crippen LogP contribution < -0.4 is 31.7 Å². The molecule has 0 aliphatic heterocycles. The molecule has 12 heteroatoms. The molecular weight excluding hydrogens is 564 g/mol. The van der Waals surface area contributed by atoms with E-state index in [0.29, 0.717) is 57.5 Å². The minimum Gasteiger partial charge on any atom is -0.410 e. The summed E-state index contributed by atoms with van der Waals surface area (Å²) < 4.78 is 5.32. The number of ether oxygens (including phenoxy) is 1. The van der Waals surface area contributed by atoms with Crippen molar-refractivity contribution in [2.45, 2.75) is 97.1 Å². The lowest BCUT2D eigenvalue weighted by atomic mass is 9.97. The fourth-order valence-corrected chi connectivity index (χ4v) is 4.34. The fraction of sp³-hybridized carbons (Fsp3) is 0.656. The molecule has 12 nitrogen and oxygen atoms in total. The van der Waals surface area contributed by atoms with Crippen molar-refractivity contribution in [3.63, 3.8) is 0 Å². The van der Waals surface area contributed by atoms with Crippen LogP contribution in [-0.2, 0) is 25.6 Å². The van der Waals surface area contributed by atoms with Crippen molar-refractivity contribution < 1.29 is 28.7 Å². The Balaban J connectivity index is 2.92. The van der Waals surface area contributed by atoms with Crippen LogP contribution in [0.25, 0.3) is 0 Å². The van der Waals surface area contributed by atoms with Crippen LogP contribution in [0.2, 0.25) is 0 Å². The highest BCUT2D eigenvalue weighted by molar-refractivity contribution is 5.92. The van der Waals surface area contributed by atoms with Crippen LogP contribution in [-0.4, -0.2) is 80.4 Å². The molecule has 0 radical (unpaired) electrons. The third kappa shape index (κ3) is 16.8. The number of benzene rings is 1. The standard InChI is InChI=1S/C32H54N6O6/c1-6-8-10-14-28(40)36-26(22-24-15-17-25(18-16-24)44-32(43)35-20-21-38(4)5)30(41)37-29(23(3)7-2)31(42)34-19-12-9-11-13-27(33)39/h15-18,23,26,29H,6-14,19-22H2,1-5H3,(H2,33,39)(H,34,42)(H,35,43)(H,36,40)(H,37,41). The predicted molar refractivity (Wildman–Crippen MR) is 171 cm³/mol. The molecule has 0 saturated heterocycles. The van der Waals surface area contributed by atoms with Gasteiger partial charge in [-0.2, -0.15) is 0 Å². The lowest BCUT2D eigenvalue weighted by Gasteiger charge is -2.26. The van der Waals surface area contributed by atoms with Crippen molar-refractivity contribution in [2.24, 2.45) is 11.7 Å². The van der Waals surface area contributed by atoms with Crippen LogP contribution in [0.5, 0.6) is 5.75 Å². The van der Waals surface area contributed by atoms with Gasteiger partial charge in [-0.3, -0.25) is 19.2 Å². The first kappa shape index (κ1) is 38.4. The summed E-state index contributed by atoms with van der Waals surface area (Å²) in [5.74, 6) is -1.10. The van der Waals surface area contributed by atoms with Gasteiger partial charge in [0.2, 0.25) is 23.6 Å². The van der Waals surface area contributed by atoms with E-state index in [-0.39, 0.29) is 30.1 Å². The second-order valence-electron chi connectivity index (χ2n) is 11.5. The minimum absolute atomic E-state index is 0.143. The Hall–Kier alpha value is -3.67. The first-order chi connectivity index (χ1) is 21.0. The molecule has 0 spiro atoms. The number of nitrogens with two attached hydrogens (primary N) is 1. The molecule has 0 fully saturated rings. The molecular formula is C32H54N6O6. The van der Waals surface area contributed by atoms with Crippen LogP contribution in [0, 0.1) is 5.92 Å². The van der Waals surface area contributed by atoms with Crippen LogP contribution >= 0.6 is 0 Å². The normalized spacial score (nSPS) is 13.0. The molecule has 0 heterocycles. The van der Waals surface area contributed by atoms with Crippen molar-refractivity contribution in [1.29, 1.82) is 0 Å². The monoisotopic (exact) mass is 618 g/mol. The molecule has 1 rings (SSSR count). The molecule has 1 aromatic rings. The number of carbonyl (C=O) groups is 5. The highest BCUT2D eigenvalue weighted by Gasteiger charge is 2.30. The third-order valence-corrected chi connectivity index (χ3v) is 7.25. The van der Waals surface area contributed by atoms with Crippen molar-refractivity contribution in [3.8, 4) is 5.75 Å². The van der Waals surface area contributed by atoms with Gasteiger partial charge >= 0.3 is 6.09 Å². The average molecular weight is 619 g/mol. The Kier molecular flexibility index (Phi) is 19.1. The Morgan fingerprint density at radius 3 is 2.14 bits per heavy atom. The Morgan fingerprint density at radius 1 is 0.841 bits per heavy atom. The molecule has 0 bridgehead atoms. The average Bonchev–Trinajstić information content (AvgIpc) is 2.97. The zero-order valence-corrected chi connectivity index (χ0v) is 27.2. The highest BCUT2D eigenvalue weighted by Crippen LogP contribution is 2.15. The lowest BCUT2D eigenvalue weighted by molar-refractivity contribution is -0.133. The molecule has 6 N–H and O–H groups in total. The fourth-order valence-electron chi connectivity index (χ4n) is 4.34. The summed E-state index contributed by atoms with van der Waals surface area (Å²) in [7, 11) is 3.82. The van der Waals surface area contributed by atoms with Gasteiger partial charge in [0.05, 0.1) is 0 Å². The number of rotatable bonds is 22. The SMILES string of the molecule is CCCCCC(=O)NC(Cc1ccc(OC(=O)NCCN(C)C)cc1)C(=O)NC(C(=O)NCCCCCC(N)=O)C(C)CC. The van der Waals surface area contributed by atoms with Gasteiger partial charge in [-0.15, -0.1) is 0 Å². The largest absolute Gasteiger partial charge is 0.412 e. The van der Waals surface area contributed by atoms with E-state index in [1.807, 2.05) is 32.8 Å². The molecule has 248 valence electrons. The quantitative estimate of drug-likeness (QED) is 0.124. The number of unbranched alkanes of at least 4 members (excludes halogenated alkanes) is 4. The summed E-state index contributed by atoms with van der Waals surface area (Å²) in [6.45, 7) is 7.44. The van der Waals surface area contributed by atoms with Gasteiger partial charge in [-0.25, -0.2) is 4.79 Å². The lowest BCUT2D eigenvalue weighted by Crippen LogP contribution is -2.56. The molecule has 3 unspecified atom stereocenters. The predicted octanol–water partition coefficient (Wildman–Crippen LogP) is 2.64. The van der Waals surface area contributed by atoms with E-state index in [0.717, 1.165) is 31.2 Å². The Labute approximate surface area is 262 Å². The minimum atomic E-state index is -0.904. The van der Waals surface area contributed by atoms with Crippen LogP contribution in [0.15, 0.2) is 24.3 Å². The first-order valence-electron chi connectivity index (χ1n) is 15.8. The maximum Gasteiger partial charge on any atom is 0.412 e. The number of nitrogens with zero attached hydrogens (tertiary/aromatic N) is 1. The first-order valence-corrected chi connectivity index (χ1v) is 15.8. The summed E-state index contributed by atoms with van der Waals surface area (Å²) in [5, 5.41) is 11.3. The molecule has 0 aromatic heterocycles. The number of nitrogens with one attached hydrogen (secondary N) is 4. The molecule has 5 amide bonds. The number of carbonyl (C=O) groups excluding carboxylic acids is 5.